The molecule has 0 aromatic heterocycles. The lowest BCUT2D eigenvalue weighted by molar-refractivity contribution is -0.132. The molecule has 0 atom stereocenters. The molecule has 0 aliphatic carbocycles. The fraction of sp³-hybridized carbons (Fsp3) is 0.294. The molecule has 1 rings (SSSR count). The monoisotopic (exact) mass is 298 g/mol. The van der Waals surface area contributed by atoms with Crippen LogP contribution < -0.4 is 0 Å². The highest BCUT2D eigenvalue weighted by molar-refractivity contribution is 5.76. The maximum Gasteiger partial charge on any atom is 0.307 e. The number of allylic oxidation sites excluding steroid dienone is 4. The molecule has 0 heterocycles. The van der Waals surface area contributed by atoms with Crippen LogP contribution in [0.1, 0.15) is 24.8 Å². The summed E-state index contributed by atoms with van der Waals surface area (Å²) in [5, 5.41) is 0. The second-order valence-corrected chi connectivity index (χ2v) is 4.64. The van der Waals surface area contributed by atoms with Crippen molar-refractivity contribution in [3.63, 3.8) is 0 Å². The van der Waals surface area contributed by atoms with Crippen LogP contribution in [-0.2, 0) is 0 Å². The molecule has 0 nitrogen and oxygen atoms in total. The van der Waals surface area contributed by atoms with Gasteiger partial charge in [-0.3, -0.25) is 0 Å². The van der Waals surface area contributed by atoms with Gasteiger partial charge in [-0.2, -0.15) is 0 Å². The number of hydrogen-bond donors (Lipinski definition) is 0. The Labute approximate surface area is 122 Å². The van der Waals surface area contributed by atoms with Crippen LogP contribution in [0.3, 0.4) is 0 Å². The molecule has 4 heteroatoms. The summed E-state index contributed by atoms with van der Waals surface area (Å²) in [5.74, 6) is -3.98. The van der Waals surface area contributed by atoms with E-state index < -0.39 is 18.8 Å². The van der Waals surface area contributed by atoms with Crippen molar-refractivity contribution in [1.29, 1.82) is 0 Å². The molecule has 0 fully saturated rings. The molecule has 0 aliphatic rings. The first-order valence-corrected chi connectivity index (χ1v) is 6.59. The van der Waals surface area contributed by atoms with E-state index in [-0.39, 0.29) is 6.42 Å². The molecule has 0 aliphatic heterocycles. The molecule has 0 N–H and O–H groups in total. The maximum atomic E-state index is 13.1. The van der Waals surface area contributed by atoms with E-state index in [0.717, 1.165) is 5.56 Å². The van der Waals surface area contributed by atoms with Crippen LogP contribution in [0.2, 0.25) is 0 Å². The van der Waals surface area contributed by atoms with Gasteiger partial charge in [0.1, 0.15) is 0 Å². The molecule has 1 aromatic carbocycles. The molecule has 0 saturated carbocycles. The van der Waals surface area contributed by atoms with E-state index in [9.17, 15) is 17.6 Å². The molecule has 0 amide bonds. The van der Waals surface area contributed by atoms with E-state index >= 15 is 0 Å². The molecular weight excluding hydrogens is 280 g/mol. The zero-order valence-electron chi connectivity index (χ0n) is 11.7. The topological polar surface area (TPSA) is 0 Å². The quantitative estimate of drug-likeness (QED) is 0.319. The molecule has 1 aromatic rings. The van der Waals surface area contributed by atoms with Crippen LogP contribution in [0.25, 0.3) is 5.57 Å². The average molecular weight is 298 g/mol. The van der Waals surface area contributed by atoms with Crippen molar-refractivity contribution >= 4 is 5.57 Å². The van der Waals surface area contributed by atoms with Crippen molar-refractivity contribution in [2.75, 3.05) is 0 Å². The van der Waals surface area contributed by atoms with Crippen molar-refractivity contribution in [2.45, 2.75) is 31.6 Å². The maximum absolute atomic E-state index is 13.1. The first kappa shape index (κ1) is 17.2. The van der Waals surface area contributed by atoms with Gasteiger partial charge in [-0.15, -0.1) is 6.58 Å². The highest BCUT2D eigenvalue weighted by Crippen LogP contribution is 2.33. The van der Waals surface area contributed by atoms with Crippen molar-refractivity contribution < 1.29 is 17.6 Å². The lowest BCUT2D eigenvalue weighted by Crippen LogP contribution is -2.26. The smallest absolute Gasteiger partial charge is 0.204 e. The minimum absolute atomic E-state index is 0.125. The standard InChI is InChI=1S/C17H18F4/c1-3-8-13(11-12-17(20,21)16(18)19)15(4-2)14-9-6-5-7-10-14/h3-7,9-10,16H,1-2,8,11-12H2/b15-13-. The first-order valence-electron chi connectivity index (χ1n) is 6.59. The highest BCUT2D eigenvalue weighted by Gasteiger charge is 2.40. The van der Waals surface area contributed by atoms with Crippen molar-refractivity contribution in [2.24, 2.45) is 0 Å². The Kier molecular flexibility index (Phi) is 6.40. The van der Waals surface area contributed by atoms with Crippen LogP contribution in [0.4, 0.5) is 17.6 Å². The first-order chi connectivity index (χ1) is 9.92. The van der Waals surface area contributed by atoms with Gasteiger partial charge in [0.2, 0.25) is 0 Å². The summed E-state index contributed by atoms with van der Waals surface area (Å²) in [5.41, 5.74) is 2.15. The summed E-state index contributed by atoms with van der Waals surface area (Å²) in [6, 6.07) is 9.12. The summed E-state index contributed by atoms with van der Waals surface area (Å²) < 4.78 is 50.7. The predicted octanol–water partition coefficient (Wildman–Crippen LogP) is 5.88. The van der Waals surface area contributed by atoms with Gasteiger partial charge in [0.15, 0.2) is 0 Å². The number of alkyl halides is 4. The summed E-state index contributed by atoms with van der Waals surface area (Å²) in [6.45, 7) is 7.28. The van der Waals surface area contributed by atoms with E-state index in [4.69, 9.17) is 0 Å². The van der Waals surface area contributed by atoms with E-state index in [2.05, 4.69) is 13.2 Å². The lowest BCUT2D eigenvalue weighted by Gasteiger charge is -2.17. The zero-order valence-corrected chi connectivity index (χ0v) is 11.7. The molecular formula is C17H18F4. The Bertz CT molecular complexity index is 501. The molecule has 0 spiro atoms. The molecule has 0 unspecified atom stereocenters. The third-order valence-electron chi connectivity index (χ3n) is 3.14. The molecule has 0 radical (unpaired) electrons. The van der Waals surface area contributed by atoms with Gasteiger partial charge < -0.3 is 0 Å². The Morgan fingerprint density at radius 2 is 1.76 bits per heavy atom. The van der Waals surface area contributed by atoms with Gasteiger partial charge in [0.25, 0.3) is 0 Å². The average Bonchev–Trinajstić information content (AvgIpc) is 2.46. The van der Waals surface area contributed by atoms with Gasteiger partial charge in [0, 0.05) is 6.42 Å². The van der Waals surface area contributed by atoms with E-state index in [1.165, 1.54) is 0 Å². The fourth-order valence-electron chi connectivity index (χ4n) is 2.03. The Morgan fingerprint density at radius 3 is 2.24 bits per heavy atom. The van der Waals surface area contributed by atoms with Gasteiger partial charge in [-0.05, 0) is 24.0 Å². The van der Waals surface area contributed by atoms with Crippen LogP contribution in [-0.4, -0.2) is 12.3 Å². The van der Waals surface area contributed by atoms with Gasteiger partial charge in [-0.1, -0.05) is 54.6 Å². The third-order valence-corrected chi connectivity index (χ3v) is 3.14. The van der Waals surface area contributed by atoms with Gasteiger partial charge in [0.05, 0.1) is 0 Å². The number of halogens is 4. The van der Waals surface area contributed by atoms with E-state index in [0.29, 0.717) is 17.6 Å². The van der Waals surface area contributed by atoms with E-state index in [1.807, 2.05) is 30.3 Å². The zero-order chi connectivity index (χ0) is 15.9. The summed E-state index contributed by atoms with van der Waals surface area (Å²) in [6.07, 6.45) is -1.17. The summed E-state index contributed by atoms with van der Waals surface area (Å²) in [4.78, 5) is 0. The van der Waals surface area contributed by atoms with Crippen LogP contribution >= 0.6 is 0 Å². The predicted molar refractivity (Wildman–Crippen MR) is 78.6 cm³/mol. The molecule has 0 bridgehead atoms. The summed E-state index contributed by atoms with van der Waals surface area (Å²) >= 11 is 0. The number of hydrogen-bond acceptors (Lipinski definition) is 0. The number of rotatable bonds is 8. The SMILES string of the molecule is C=CC/C(CCC(F)(F)C(F)F)=C(\C=C)c1ccccc1. The Hall–Kier alpha value is -1.84. The minimum Gasteiger partial charge on any atom is -0.204 e. The van der Waals surface area contributed by atoms with Crippen LogP contribution in [0.15, 0.2) is 61.2 Å². The second-order valence-electron chi connectivity index (χ2n) is 4.64. The van der Waals surface area contributed by atoms with Crippen LogP contribution in [0, 0.1) is 0 Å². The Morgan fingerprint density at radius 1 is 1.14 bits per heavy atom. The van der Waals surface area contributed by atoms with Crippen molar-refractivity contribution in [3.8, 4) is 0 Å². The van der Waals surface area contributed by atoms with Crippen LogP contribution in [0.5, 0.6) is 0 Å². The summed E-state index contributed by atoms with van der Waals surface area (Å²) in [7, 11) is 0. The second kappa shape index (κ2) is 7.81. The van der Waals surface area contributed by atoms with E-state index in [1.54, 1.807) is 12.2 Å². The molecule has 114 valence electrons. The Balaban J connectivity index is 3.05. The highest BCUT2D eigenvalue weighted by atomic mass is 19.3. The molecule has 0 saturated heterocycles. The largest absolute Gasteiger partial charge is 0.307 e. The third kappa shape index (κ3) is 4.88. The van der Waals surface area contributed by atoms with Crippen molar-refractivity contribution in [1.82, 2.24) is 0 Å². The minimum atomic E-state index is -3.98. The van der Waals surface area contributed by atoms with Crippen molar-refractivity contribution in [3.05, 3.63) is 66.8 Å². The molecule has 21 heavy (non-hydrogen) atoms. The lowest BCUT2D eigenvalue weighted by atomic mass is 9.93. The number of benzene rings is 1. The fourth-order valence-corrected chi connectivity index (χ4v) is 2.03. The normalized spacial score (nSPS) is 13.0. The van der Waals surface area contributed by atoms with Gasteiger partial charge in [-0.25, -0.2) is 17.6 Å². The van der Waals surface area contributed by atoms with Gasteiger partial charge >= 0.3 is 12.3 Å².